The Morgan fingerprint density at radius 1 is 1.00 bits per heavy atom. The molecule has 0 radical (unpaired) electrons. The van der Waals surface area contributed by atoms with Crippen LogP contribution in [0.25, 0.3) is 0 Å². The molecule has 172 valence electrons. The van der Waals surface area contributed by atoms with E-state index in [1.165, 1.54) is 11.3 Å². The van der Waals surface area contributed by atoms with E-state index in [2.05, 4.69) is 52.3 Å². The molecule has 5 rings (SSSR count). The van der Waals surface area contributed by atoms with Gasteiger partial charge in [0.2, 0.25) is 0 Å². The fraction of sp³-hybridized carbons (Fsp3) is 0.357. The Balaban J connectivity index is 1.31. The van der Waals surface area contributed by atoms with E-state index in [-0.39, 0.29) is 0 Å². The minimum atomic E-state index is -0.397. The highest BCUT2D eigenvalue weighted by Crippen LogP contribution is 2.40. The molecule has 3 aromatic carbocycles. The van der Waals surface area contributed by atoms with Crippen LogP contribution < -0.4 is 14.4 Å². The Morgan fingerprint density at radius 3 is 2.58 bits per heavy atom. The van der Waals surface area contributed by atoms with Gasteiger partial charge in [0.1, 0.15) is 18.1 Å². The molecular weight excluding hydrogens is 412 g/mol. The summed E-state index contributed by atoms with van der Waals surface area (Å²) in [5.74, 6) is 1.77. The van der Waals surface area contributed by atoms with E-state index in [1.807, 2.05) is 30.3 Å². The number of hydrogen-bond donors (Lipinski definition) is 1. The van der Waals surface area contributed by atoms with Crippen LogP contribution in [0.1, 0.15) is 24.0 Å². The summed E-state index contributed by atoms with van der Waals surface area (Å²) in [6.07, 6.45) is 2.55. The molecule has 2 aliphatic heterocycles. The first-order chi connectivity index (χ1) is 16.2. The summed E-state index contributed by atoms with van der Waals surface area (Å²) in [4.78, 5) is 4.88. The number of para-hydroxylation sites is 3. The third-order valence-electron chi connectivity index (χ3n) is 6.79. The zero-order valence-corrected chi connectivity index (χ0v) is 19.2. The Kier molecular flexibility index (Phi) is 6.51. The maximum Gasteiger partial charge on any atom is 0.143 e. The van der Waals surface area contributed by atoms with Crippen LogP contribution >= 0.6 is 0 Å². The van der Waals surface area contributed by atoms with Gasteiger partial charge in [-0.3, -0.25) is 4.90 Å². The second kappa shape index (κ2) is 9.86. The predicted molar refractivity (Wildman–Crippen MR) is 132 cm³/mol. The lowest BCUT2D eigenvalue weighted by Crippen LogP contribution is -2.42. The molecule has 2 atom stereocenters. The maximum atomic E-state index is 10.9. The summed E-state index contributed by atoms with van der Waals surface area (Å²) in [6.45, 7) is 3.17. The lowest BCUT2D eigenvalue weighted by atomic mass is 10.1. The van der Waals surface area contributed by atoms with Crippen molar-refractivity contribution in [1.82, 2.24) is 4.90 Å². The van der Waals surface area contributed by atoms with Gasteiger partial charge in [0.05, 0.1) is 18.9 Å². The van der Waals surface area contributed by atoms with Crippen molar-refractivity contribution >= 4 is 11.4 Å². The number of fused-ring (bicyclic) bond motifs is 2. The number of β-amino-alcohol motifs (C(OH)–C–C–N with tert-alkyl or cyclic N) is 1. The lowest BCUT2D eigenvalue weighted by molar-refractivity contribution is 0.107. The highest BCUT2D eigenvalue weighted by Gasteiger charge is 2.31. The molecule has 2 heterocycles. The molecule has 33 heavy (non-hydrogen) atoms. The quantitative estimate of drug-likeness (QED) is 0.568. The molecule has 0 amide bonds. The Morgan fingerprint density at radius 2 is 1.76 bits per heavy atom. The fourth-order valence-electron chi connectivity index (χ4n) is 5.10. The Labute approximate surface area is 196 Å². The van der Waals surface area contributed by atoms with Crippen LogP contribution in [0.15, 0.2) is 72.8 Å². The van der Waals surface area contributed by atoms with Crippen LogP contribution in [0.4, 0.5) is 11.4 Å². The van der Waals surface area contributed by atoms with Crippen molar-refractivity contribution in [3.05, 3.63) is 83.9 Å². The Bertz CT molecular complexity index is 1020. The van der Waals surface area contributed by atoms with Crippen molar-refractivity contribution < 1.29 is 14.6 Å². The monoisotopic (exact) mass is 444 g/mol. The molecule has 1 saturated heterocycles. The van der Waals surface area contributed by atoms with E-state index >= 15 is 0 Å². The average Bonchev–Trinajstić information content (AvgIpc) is 3.21. The minimum absolute atomic E-state index is 0.384. The van der Waals surface area contributed by atoms with E-state index in [0.717, 1.165) is 48.7 Å². The summed E-state index contributed by atoms with van der Waals surface area (Å²) >= 11 is 0. The number of aliphatic hydroxyl groups is 1. The SMILES string of the molecule is COc1ccc(C[C@H](O)CN2CCC[C@@H]2CN2c3ccccc3COc3ccccc32)cc1. The number of nitrogens with zero attached hydrogens (tertiary/aromatic N) is 2. The van der Waals surface area contributed by atoms with Crippen molar-refractivity contribution in [2.45, 2.75) is 38.0 Å². The molecule has 0 aromatic heterocycles. The fourth-order valence-corrected chi connectivity index (χ4v) is 5.10. The van der Waals surface area contributed by atoms with Gasteiger partial charge < -0.3 is 19.5 Å². The lowest BCUT2D eigenvalue weighted by Gasteiger charge is -2.33. The van der Waals surface area contributed by atoms with Crippen LogP contribution in [0.5, 0.6) is 11.5 Å². The number of benzene rings is 3. The molecule has 0 spiro atoms. The van der Waals surface area contributed by atoms with E-state index in [4.69, 9.17) is 9.47 Å². The van der Waals surface area contributed by atoms with E-state index in [9.17, 15) is 5.11 Å². The first-order valence-corrected chi connectivity index (χ1v) is 11.8. The summed E-state index contributed by atoms with van der Waals surface area (Å²) in [5.41, 5.74) is 4.67. The second-order valence-corrected chi connectivity index (χ2v) is 8.99. The summed E-state index contributed by atoms with van der Waals surface area (Å²) in [6, 6.07) is 25.2. The molecule has 5 nitrogen and oxygen atoms in total. The van der Waals surface area contributed by atoms with Gasteiger partial charge in [0, 0.05) is 30.4 Å². The standard InChI is InChI=1S/C28H32N2O3/c1-32-25-14-12-21(13-15-25)17-24(31)19-29-16-6-8-23(29)18-30-26-9-3-2-7-22(26)20-33-28-11-5-4-10-27(28)30/h2-5,7,9-15,23-24,31H,6,8,16-20H2,1H3/t23-,24+/m1/s1. The molecule has 0 aliphatic carbocycles. The molecule has 0 saturated carbocycles. The molecule has 3 aromatic rings. The smallest absolute Gasteiger partial charge is 0.143 e. The average molecular weight is 445 g/mol. The van der Waals surface area contributed by atoms with E-state index in [0.29, 0.717) is 25.6 Å². The van der Waals surface area contributed by atoms with Crippen LogP contribution in [0.2, 0.25) is 0 Å². The van der Waals surface area contributed by atoms with E-state index in [1.54, 1.807) is 7.11 Å². The van der Waals surface area contributed by atoms with Gasteiger partial charge in [-0.05, 0) is 61.7 Å². The number of ether oxygens (including phenoxy) is 2. The van der Waals surface area contributed by atoms with Crippen LogP contribution in [0.3, 0.4) is 0 Å². The summed E-state index contributed by atoms with van der Waals surface area (Å²) in [5, 5.41) is 10.9. The molecule has 0 unspecified atom stereocenters. The topological polar surface area (TPSA) is 45.2 Å². The molecular formula is C28H32N2O3. The number of rotatable bonds is 7. The zero-order chi connectivity index (χ0) is 22.6. The highest BCUT2D eigenvalue weighted by atomic mass is 16.5. The van der Waals surface area contributed by atoms with Crippen molar-refractivity contribution in [2.24, 2.45) is 0 Å². The van der Waals surface area contributed by atoms with Gasteiger partial charge in [-0.15, -0.1) is 0 Å². The molecule has 0 bridgehead atoms. The number of hydrogen-bond acceptors (Lipinski definition) is 5. The van der Waals surface area contributed by atoms with Crippen LogP contribution in [-0.2, 0) is 13.0 Å². The van der Waals surface area contributed by atoms with Gasteiger partial charge in [-0.25, -0.2) is 0 Å². The number of anilines is 2. The van der Waals surface area contributed by atoms with Gasteiger partial charge in [-0.2, -0.15) is 0 Å². The third-order valence-corrected chi connectivity index (χ3v) is 6.79. The first kappa shape index (κ1) is 21.8. The van der Waals surface area contributed by atoms with Crippen LogP contribution in [-0.4, -0.2) is 48.9 Å². The molecule has 5 heteroatoms. The van der Waals surface area contributed by atoms with Gasteiger partial charge in [0.25, 0.3) is 0 Å². The summed E-state index contributed by atoms with van der Waals surface area (Å²) in [7, 11) is 1.67. The second-order valence-electron chi connectivity index (χ2n) is 8.99. The highest BCUT2D eigenvalue weighted by molar-refractivity contribution is 5.72. The molecule has 2 aliphatic rings. The van der Waals surface area contributed by atoms with Crippen molar-refractivity contribution in [3.8, 4) is 11.5 Å². The predicted octanol–water partition coefficient (Wildman–Crippen LogP) is 4.79. The molecule has 1 fully saturated rings. The number of aliphatic hydroxyl groups excluding tert-OH is 1. The van der Waals surface area contributed by atoms with E-state index < -0.39 is 6.10 Å². The number of methoxy groups -OCH3 is 1. The Hall–Kier alpha value is -3.02. The van der Waals surface area contributed by atoms with Gasteiger partial charge in [0.15, 0.2) is 0 Å². The molecule has 1 N–H and O–H groups in total. The summed E-state index contributed by atoms with van der Waals surface area (Å²) < 4.78 is 11.4. The first-order valence-electron chi connectivity index (χ1n) is 11.8. The van der Waals surface area contributed by atoms with Crippen molar-refractivity contribution in [1.29, 1.82) is 0 Å². The largest absolute Gasteiger partial charge is 0.497 e. The van der Waals surface area contributed by atoms with Crippen molar-refractivity contribution in [3.63, 3.8) is 0 Å². The number of likely N-dealkylation sites (tertiary alicyclic amines) is 1. The minimum Gasteiger partial charge on any atom is -0.497 e. The maximum absolute atomic E-state index is 10.9. The van der Waals surface area contributed by atoms with Gasteiger partial charge >= 0.3 is 0 Å². The third kappa shape index (κ3) is 4.85. The zero-order valence-electron chi connectivity index (χ0n) is 19.2. The van der Waals surface area contributed by atoms with Crippen molar-refractivity contribution in [2.75, 3.05) is 31.6 Å². The van der Waals surface area contributed by atoms with Gasteiger partial charge in [-0.1, -0.05) is 42.5 Å². The normalized spacial score (nSPS) is 18.7. The van der Waals surface area contributed by atoms with Crippen LogP contribution in [0, 0.1) is 0 Å².